The van der Waals surface area contributed by atoms with Gasteiger partial charge in [-0.3, -0.25) is 9.59 Å². The number of thiophene rings is 2. The molecule has 4 nitrogen and oxygen atoms in total. The van der Waals surface area contributed by atoms with E-state index in [0.29, 0.717) is 5.78 Å². The smallest absolute Gasteiger partial charge is 0.224 e. The van der Waals surface area contributed by atoms with E-state index in [4.69, 9.17) is 21.1 Å². The number of ether oxygens (including phenoxy) is 2. The van der Waals surface area contributed by atoms with Crippen LogP contribution in [0.25, 0.3) is 20.2 Å². The Morgan fingerprint density at radius 3 is 1.76 bits per heavy atom. The van der Waals surface area contributed by atoms with Crippen molar-refractivity contribution in [3.8, 4) is 11.5 Å². The number of benzene rings is 2. The molecule has 0 aliphatic heterocycles. The maximum Gasteiger partial charge on any atom is 0.224 e. The number of fused-ring (bicyclic) bond motifs is 2. The van der Waals surface area contributed by atoms with Crippen LogP contribution in [0.2, 0.25) is 0 Å². The average molecular weight is 629 g/mol. The number of Topliss-reactive ketones (excluding diaryl/α,β-unsaturated/α-hetero) is 1. The lowest BCUT2D eigenvalue weighted by atomic mass is 9.94. The van der Waals surface area contributed by atoms with Crippen molar-refractivity contribution in [2.75, 3.05) is 14.2 Å². The van der Waals surface area contributed by atoms with Gasteiger partial charge in [0.05, 0.1) is 19.1 Å². The van der Waals surface area contributed by atoms with E-state index in [2.05, 4.69) is 23.6 Å². The zero-order chi connectivity index (χ0) is 29.0. The fourth-order valence-electron chi connectivity index (χ4n) is 5.57. The second kappa shape index (κ2) is 17.6. The largest absolute Gasteiger partial charge is 0.497 e. The number of carbonyl (C=O) groups is 2. The molecule has 2 aromatic heterocycles. The van der Waals surface area contributed by atoms with Gasteiger partial charge in [0.15, 0.2) is 5.78 Å². The summed E-state index contributed by atoms with van der Waals surface area (Å²) >= 11 is 8.73. The molecule has 6 rings (SSSR count). The minimum atomic E-state index is -0.123. The van der Waals surface area contributed by atoms with E-state index in [1.54, 1.807) is 36.9 Å². The molecular weight excluding hydrogens is 584 g/mol. The van der Waals surface area contributed by atoms with Crippen LogP contribution in [0.5, 0.6) is 11.5 Å². The van der Waals surface area contributed by atoms with E-state index in [1.807, 2.05) is 30.3 Å². The lowest BCUT2D eigenvalue weighted by molar-refractivity contribution is -0.115. The molecule has 0 spiro atoms. The van der Waals surface area contributed by atoms with Gasteiger partial charge in [0.1, 0.15) is 11.5 Å². The molecule has 7 heteroatoms. The summed E-state index contributed by atoms with van der Waals surface area (Å²) in [5.74, 6) is 2.55. The predicted octanol–water partition coefficient (Wildman–Crippen LogP) is 11.3. The predicted molar refractivity (Wildman–Crippen MR) is 181 cm³/mol. The molecule has 228 valence electrons. The highest BCUT2D eigenvalue weighted by Crippen LogP contribution is 2.33. The van der Waals surface area contributed by atoms with Crippen LogP contribution in [-0.2, 0) is 4.79 Å². The standard InChI is InChI=1S/C17H20O2S.C9H8OS.C8H13ClO.CH4/c1-19-14-9-8-13-10-16(20-15(13)11-14)17(18)12-6-4-2-3-5-7-12;1-10-8-3-2-7-4-5-11-9(7)6-8;9-8(10)7-5-3-1-2-4-6-7;/h8-12H,2-7H2,1H3;2-6H,1H3;7H,1-6H2;1H4. The summed E-state index contributed by atoms with van der Waals surface area (Å²) < 4.78 is 12.8. The highest BCUT2D eigenvalue weighted by atomic mass is 35.5. The van der Waals surface area contributed by atoms with E-state index >= 15 is 0 Å². The maximum atomic E-state index is 12.7. The van der Waals surface area contributed by atoms with Crippen molar-refractivity contribution < 1.29 is 19.1 Å². The Hall–Kier alpha value is -2.41. The zero-order valence-electron chi connectivity index (χ0n) is 24.2. The van der Waals surface area contributed by atoms with Crippen LogP contribution in [0.15, 0.2) is 53.9 Å². The minimum absolute atomic E-state index is 0. The third kappa shape index (κ3) is 9.82. The van der Waals surface area contributed by atoms with Gasteiger partial charge < -0.3 is 9.47 Å². The van der Waals surface area contributed by atoms with E-state index < -0.39 is 0 Å². The van der Waals surface area contributed by atoms with Crippen LogP contribution >= 0.6 is 34.3 Å². The lowest BCUT2D eigenvalue weighted by Gasteiger charge is -2.10. The number of ketones is 1. The van der Waals surface area contributed by atoms with Gasteiger partial charge in [-0.25, -0.2) is 0 Å². The molecule has 2 aliphatic carbocycles. The van der Waals surface area contributed by atoms with Gasteiger partial charge in [-0.15, -0.1) is 22.7 Å². The van der Waals surface area contributed by atoms with Crippen molar-refractivity contribution in [2.24, 2.45) is 11.8 Å². The Bertz CT molecular complexity index is 1390. The summed E-state index contributed by atoms with van der Waals surface area (Å²) in [7, 11) is 3.36. The number of carbonyl (C=O) groups excluding carboxylic acids is 2. The molecule has 2 aromatic carbocycles. The molecule has 2 heterocycles. The highest BCUT2D eigenvalue weighted by Gasteiger charge is 2.23. The fraction of sp³-hybridized carbons (Fsp3) is 0.486. The summed E-state index contributed by atoms with van der Waals surface area (Å²) in [5.41, 5.74) is 0. The second-order valence-electron chi connectivity index (χ2n) is 10.9. The average Bonchev–Trinajstić information content (AvgIpc) is 3.41. The molecule has 0 bridgehead atoms. The topological polar surface area (TPSA) is 52.6 Å². The normalized spacial score (nSPS) is 16.1. The number of rotatable bonds is 5. The molecular formula is C35H45ClO4S2. The van der Waals surface area contributed by atoms with E-state index in [1.165, 1.54) is 61.5 Å². The summed E-state index contributed by atoms with van der Waals surface area (Å²) in [6.07, 6.45) is 14.1. The summed E-state index contributed by atoms with van der Waals surface area (Å²) in [4.78, 5) is 24.3. The maximum absolute atomic E-state index is 12.7. The molecule has 42 heavy (non-hydrogen) atoms. The van der Waals surface area contributed by atoms with Crippen LogP contribution in [0.3, 0.4) is 0 Å². The Labute approximate surface area is 264 Å². The van der Waals surface area contributed by atoms with Crippen molar-refractivity contribution in [2.45, 2.75) is 84.5 Å². The SMILES string of the molecule is C.COc1ccc2cc(C(=O)C3CCCCCC3)sc2c1.COc1ccc2ccsc2c1.O=C(Cl)C1CCCCCC1. The van der Waals surface area contributed by atoms with Crippen LogP contribution in [0.4, 0.5) is 0 Å². The van der Waals surface area contributed by atoms with Crippen molar-refractivity contribution >= 4 is 65.5 Å². The van der Waals surface area contributed by atoms with Crippen molar-refractivity contribution in [3.63, 3.8) is 0 Å². The van der Waals surface area contributed by atoms with Crippen molar-refractivity contribution in [1.29, 1.82) is 0 Å². The number of hydrogen-bond donors (Lipinski definition) is 0. The van der Waals surface area contributed by atoms with Gasteiger partial charge in [0, 0.05) is 21.2 Å². The first-order valence-electron chi connectivity index (χ1n) is 14.8. The minimum Gasteiger partial charge on any atom is -0.497 e. The third-order valence-corrected chi connectivity index (χ3v) is 10.3. The van der Waals surface area contributed by atoms with E-state index in [-0.39, 0.29) is 24.5 Å². The first-order valence-corrected chi connectivity index (χ1v) is 16.9. The molecule has 0 unspecified atom stereocenters. The van der Waals surface area contributed by atoms with Crippen molar-refractivity contribution in [1.82, 2.24) is 0 Å². The summed E-state index contributed by atoms with van der Waals surface area (Å²) in [6.45, 7) is 0. The number of hydrogen-bond acceptors (Lipinski definition) is 6. The monoisotopic (exact) mass is 628 g/mol. The van der Waals surface area contributed by atoms with Crippen LogP contribution in [0, 0.1) is 11.8 Å². The van der Waals surface area contributed by atoms with Gasteiger partial charge in [-0.2, -0.15) is 0 Å². The number of methoxy groups -OCH3 is 2. The zero-order valence-corrected chi connectivity index (χ0v) is 26.6. The number of halogens is 1. The van der Waals surface area contributed by atoms with E-state index in [9.17, 15) is 9.59 Å². The molecule has 0 radical (unpaired) electrons. The van der Waals surface area contributed by atoms with Gasteiger partial charge in [0.25, 0.3) is 0 Å². The molecule has 4 aromatic rings. The molecule has 0 amide bonds. The van der Waals surface area contributed by atoms with Crippen LogP contribution in [0.1, 0.15) is 94.1 Å². The molecule has 2 aliphatic rings. The molecule has 0 saturated heterocycles. The van der Waals surface area contributed by atoms with Gasteiger partial charge >= 0.3 is 0 Å². The molecule has 0 N–H and O–H groups in total. The van der Waals surface area contributed by atoms with Gasteiger partial charge in [0.2, 0.25) is 5.24 Å². The highest BCUT2D eigenvalue weighted by molar-refractivity contribution is 7.20. The van der Waals surface area contributed by atoms with Gasteiger partial charge in [-0.05, 0) is 102 Å². The van der Waals surface area contributed by atoms with Crippen molar-refractivity contribution in [3.05, 3.63) is 58.8 Å². The fourth-order valence-corrected chi connectivity index (χ4v) is 7.72. The molecule has 2 fully saturated rings. The van der Waals surface area contributed by atoms with E-state index in [0.717, 1.165) is 52.1 Å². The summed E-state index contributed by atoms with van der Waals surface area (Å²) in [6, 6.07) is 16.3. The summed E-state index contributed by atoms with van der Waals surface area (Å²) in [5, 5.41) is 4.40. The molecule has 0 atom stereocenters. The first kappa shape index (κ1) is 34.1. The Kier molecular flexibility index (Phi) is 14.3. The Morgan fingerprint density at radius 2 is 1.21 bits per heavy atom. The second-order valence-corrected chi connectivity index (χ2v) is 13.3. The Morgan fingerprint density at radius 1 is 0.690 bits per heavy atom. The lowest BCUT2D eigenvalue weighted by Crippen LogP contribution is -2.12. The quantitative estimate of drug-likeness (QED) is 0.125. The van der Waals surface area contributed by atoms with Crippen LogP contribution < -0.4 is 9.47 Å². The third-order valence-electron chi connectivity index (χ3n) is 8.04. The van der Waals surface area contributed by atoms with Crippen LogP contribution in [-0.4, -0.2) is 25.2 Å². The first-order chi connectivity index (χ1) is 20.0. The molecule has 2 saturated carbocycles. The Balaban J connectivity index is 0.000000187. The van der Waals surface area contributed by atoms with Gasteiger partial charge in [-0.1, -0.05) is 58.8 Å².